The van der Waals surface area contributed by atoms with Gasteiger partial charge in [0.05, 0.1) is 6.04 Å². The van der Waals surface area contributed by atoms with Gasteiger partial charge in [0, 0.05) is 27.8 Å². The molecular formula is C21H22N2O. The van der Waals surface area contributed by atoms with Gasteiger partial charge < -0.3 is 10.3 Å². The highest BCUT2D eigenvalue weighted by Crippen LogP contribution is 2.37. The number of hydrogen-bond donors (Lipinski definition) is 2. The average molecular weight is 318 g/mol. The summed E-state index contributed by atoms with van der Waals surface area (Å²) in [6.07, 6.45) is 3.41. The number of ketones is 1. The Labute approximate surface area is 142 Å². The summed E-state index contributed by atoms with van der Waals surface area (Å²) in [5.74, 6) is 0.101. The highest BCUT2D eigenvalue weighted by molar-refractivity contribution is 5.95. The number of benzene rings is 2. The lowest BCUT2D eigenvalue weighted by atomic mass is 9.91. The third-order valence-electron chi connectivity index (χ3n) is 4.97. The number of carbonyl (C=O) groups excluding carboxylic acids is 1. The van der Waals surface area contributed by atoms with Crippen molar-refractivity contribution in [3.05, 3.63) is 64.8 Å². The molecule has 3 aromatic rings. The number of aromatic nitrogens is 1. The van der Waals surface area contributed by atoms with Crippen LogP contribution in [-0.2, 0) is 6.42 Å². The van der Waals surface area contributed by atoms with Crippen molar-refractivity contribution >= 4 is 22.4 Å². The first-order valence-electron chi connectivity index (χ1n) is 8.60. The Morgan fingerprint density at radius 3 is 2.92 bits per heavy atom. The van der Waals surface area contributed by atoms with Crippen LogP contribution < -0.4 is 5.32 Å². The van der Waals surface area contributed by atoms with Crippen LogP contribution in [-0.4, -0.2) is 10.8 Å². The van der Waals surface area contributed by atoms with Gasteiger partial charge >= 0.3 is 0 Å². The summed E-state index contributed by atoms with van der Waals surface area (Å²) in [5.41, 5.74) is 7.03. The minimum absolute atomic E-state index is 0.101. The molecule has 1 aliphatic rings. The lowest BCUT2D eigenvalue weighted by Crippen LogP contribution is -2.17. The van der Waals surface area contributed by atoms with Crippen molar-refractivity contribution in [1.82, 2.24) is 4.98 Å². The number of Topliss-reactive ketones (excluding diaryl/α,β-unsaturated/α-hetero) is 1. The standard InChI is InChI=1S/C21H22N2O/c1-13-9-10-19-18(11-13)17-7-4-8-20(21(17)23-19)22-16-6-3-5-15(12-16)14(2)24/h3,5-6,9-12,20,22-23H,4,7-8H2,1-2H3. The molecule has 1 aliphatic carbocycles. The summed E-state index contributed by atoms with van der Waals surface area (Å²) in [7, 11) is 0. The second-order valence-electron chi connectivity index (χ2n) is 6.79. The van der Waals surface area contributed by atoms with Crippen LogP contribution in [0.4, 0.5) is 5.69 Å². The van der Waals surface area contributed by atoms with Gasteiger partial charge in [0.15, 0.2) is 5.78 Å². The quantitative estimate of drug-likeness (QED) is 0.654. The molecule has 1 atom stereocenters. The van der Waals surface area contributed by atoms with Crippen molar-refractivity contribution in [2.75, 3.05) is 5.32 Å². The molecule has 0 radical (unpaired) electrons. The molecule has 0 fully saturated rings. The molecule has 0 saturated heterocycles. The molecule has 0 spiro atoms. The fourth-order valence-electron chi connectivity index (χ4n) is 3.75. The van der Waals surface area contributed by atoms with Crippen molar-refractivity contribution in [1.29, 1.82) is 0 Å². The van der Waals surface area contributed by atoms with Gasteiger partial charge in [-0.3, -0.25) is 4.79 Å². The van der Waals surface area contributed by atoms with Gasteiger partial charge in [-0.1, -0.05) is 23.8 Å². The first-order valence-corrected chi connectivity index (χ1v) is 8.60. The minimum Gasteiger partial charge on any atom is -0.377 e. The molecule has 0 saturated carbocycles. The van der Waals surface area contributed by atoms with Crippen LogP contribution in [0.15, 0.2) is 42.5 Å². The Balaban J connectivity index is 1.70. The van der Waals surface area contributed by atoms with Crippen molar-refractivity contribution in [2.24, 2.45) is 0 Å². The van der Waals surface area contributed by atoms with Gasteiger partial charge in [0.2, 0.25) is 0 Å². The number of fused-ring (bicyclic) bond motifs is 3. The van der Waals surface area contributed by atoms with E-state index < -0.39 is 0 Å². The minimum atomic E-state index is 0.101. The van der Waals surface area contributed by atoms with Crippen molar-refractivity contribution in [3.8, 4) is 0 Å². The van der Waals surface area contributed by atoms with E-state index in [2.05, 4.69) is 35.4 Å². The van der Waals surface area contributed by atoms with Gasteiger partial charge in [-0.05, 0) is 62.9 Å². The molecule has 4 rings (SSSR count). The molecule has 1 aromatic heterocycles. The van der Waals surface area contributed by atoms with Crippen molar-refractivity contribution in [2.45, 2.75) is 39.2 Å². The molecule has 3 heteroatoms. The first-order chi connectivity index (χ1) is 11.6. The Kier molecular flexibility index (Phi) is 3.64. The maximum atomic E-state index is 11.6. The van der Waals surface area contributed by atoms with Gasteiger partial charge in [-0.25, -0.2) is 0 Å². The normalized spacial score (nSPS) is 16.8. The van der Waals surface area contributed by atoms with Crippen LogP contribution >= 0.6 is 0 Å². The highest BCUT2D eigenvalue weighted by Gasteiger charge is 2.24. The number of carbonyl (C=O) groups is 1. The number of rotatable bonds is 3. The van der Waals surface area contributed by atoms with E-state index in [0.717, 1.165) is 24.1 Å². The van der Waals surface area contributed by atoms with Crippen LogP contribution in [0.2, 0.25) is 0 Å². The summed E-state index contributed by atoms with van der Waals surface area (Å²) in [5, 5.41) is 4.98. The molecular weight excluding hydrogens is 296 g/mol. The summed E-state index contributed by atoms with van der Waals surface area (Å²) in [6.45, 7) is 3.75. The van der Waals surface area contributed by atoms with E-state index in [-0.39, 0.29) is 11.8 Å². The average Bonchev–Trinajstić information content (AvgIpc) is 2.94. The zero-order valence-electron chi connectivity index (χ0n) is 14.1. The van der Waals surface area contributed by atoms with E-state index in [1.165, 1.54) is 34.1 Å². The maximum Gasteiger partial charge on any atom is 0.159 e. The van der Waals surface area contributed by atoms with E-state index in [4.69, 9.17) is 0 Å². The lowest BCUT2D eigenvalue weighted by molar-refractivity contribution is 0.101. The fourth-order valence-corrected chi connectivity index (χ4v) is 3.75. The molecule has 122 valence electrons. The van der Waals surface area contributed by atoms with Crippen LogP contribution in [0.25, 0.3) is 10.9 Å². The van der Waals surface area contributed by atoms with Crippen LogP contribution in [0, 0.1) is 6.92 Å². The fraction of sp³-hybridized carbons (Fsp3) is 0.286. The Morgan fingerprint density at radius 2 is 2.08 bits per heavy atom. The second-order valence-corrected chi connectivity index (χ2v) is 6.79. The topological polar surface area (TPSA) is 44.9 Å². The third-order valence-corrected chi connectivity index (χ3v) is 4.97. The summed E-state index contributed by atoms with van der Waals surface area (Å²) in [6, 6.07) is 14.7. The molecule has 2 N–H and O–H groups in total. The predicted molar refractivity (Wildman–Crippen MR) is 98.8 cm³/mol. The SMILES string of the molecule is CC(=O)c1cccc(NC2CCCc3c2[nH]c2ccc(C)cc32)c1. The zero-order valence-corrected chi connectivity index (χ0v) is 14.1. The summed E-state index contributed by atoms with van der Waals surface area (Å²) >= 11 is 0. The number of nitrogens with one attached hydrogen (secondary N) is 2. The first kappa shape index (κ1) is 15.0. The lowest BCUT2D eigenvalue weighted by Gasteiger charge is -2.25. The molecule has 0 bridgehead atoms. The molecule has 0 aliphatic heterocycles. The number of H-pyrrole nitrogens is 1. The zero-order chi connectivity index (χ0) is 16.7. The van der Waals surface area contributed by atoms with Crippen molar-refractivity contribution in [3.63, 3.8) is 0 Å². The number of aryl methyl sites for hydroxylation is 2. The van der Waals surface area contributed by atoms with Gasteiger partial charge in [0.1, 0.15) is 0 Å². The summed E-state index contributed by atoms with van der Waals surface area (Å²) < 4.78 is 0. The van der Waals surface area contributed by atoms with Gasteiger partial charge in [0.25, 0.3) is 0 Å². The second kappa shape index (κ2) is 5.82. The Bertz CT molecular complexity index is 923. The molecule has 24 heavy (non-hydrogen) atoms. The van der Waals surface area contributed by atoms with E-state index in [0.29, 0.717) is 0 Å². The number of anilines is 1. The molecule has 2 aromatic carbocycles. The van der Waals surface area contributed by atoms with Crippen molar-refractivity contribution < 1.29 is 4.79 Å². The smallest absolute Gasteiger partial charge is 0.159 e. The summed E-state index contributed by atoms with van der Waals surface area (Å²) in [4.78, 5) is 15.2. The van der Waals surface area contributed by atoms with E-state index in [1.807, 2.05) is 24.3 Å². The van der Waals surface area contributed by atoms with Gasteiger partial charge in [-0.2, -0.15) is 0 Å². The van der Waals surface area contributed by atoms with Gasteiger partial charge in [-0.15, -0.1) is 0 Å². The number of hydrogen-bond acceptors (Lipinski definition) is 2. The van der Waals surface area contributed by atoms with Crippen LogP contribution in [0.5, 0.6) is 0 Å². The van der Waals surface area contributed by atoms with E-state index in [9.17, 15) is 4.79 Å². The predicted octanol–water partition coefficient (Wildman–Crippen LogP) is 5.17. The van der Waals surface area contributed by atoms with Crippen LogP contribution in [0.1, 0.15) is 53.0 Å². The molecule has 3 nitrogen and oxygen atoms in total. The monoisotopic (exact) mass is 318 g/mol. The van der Waals surface area contributed by atoms with E-state index >= 15 is 0 Å². The third kappa shape index (κ3) is 2.60. The Hall–Kier alpha value is -2.55. The maximum absolute atomic E-state index is 11.6. The van der Waals surface area contributed by atoms with Crippen LogP contribution in [0.3, 0.4) is 0 Å². The number of aromatic amines is 1. The largest absolute Gasteiger partial charge is 0.377 e. The molecule has 1 unspecified atom stereocenters. The molecule has 1 heterocycles. The highest BCUT2D eigenvalue weighted by atomic mass is 16.1. The molecule has 0 amide bonds. The Morgan fingerprint density at radius 1 is 1.21 bits per heavy atom. The van der Waals surface area contributed by atoms with E-state index in [1.54, 1.807) is 6.92 Å².